The van der Waals surface area contributed by atoms with Gasteiger partial charge in [-0.15, -0.1) is 0 Å². The summed E-state index contributed by atoms with van der Waals surface area (Å²) in [5.41, 5.74) is 3.93. The number of nitrogens with zero attached hydrogens (tertiary/aromatic N) is 2. The minimum Gasteiger partial charge on any atom is -0.348 e. The van der Waals surface area contributed by atoms with E-state index in [0.717, 1.165) is 58.1 Å². The fourth-order valence-corrected chi connectivity index (χ4v) is 4.63. The predicted octanol–water partition coefficient (Wildman–Crippen LogP) is 4.91. The molecular formula is C21H22FN3OS. The Morgan fingerprint density at radius 3 is 2.59 bits per heavy atom. The van der Waals surface area contributed by atoms with E-state index in [-0.39, 0.29) is 17.6 Å². The third kappa shape index (κ3) is 3.67. The van der Waals surface area contributed by atoms with Crippen molar-refractivity contribution in [2.75, 3.05) is 23.3 Å². The highest BCUT2D eigenvalue weighted by molar-refractivity contribution is 7.22. The Balaban J connectivity index is 1.41. The summed E-state index contributed by atoms with van der Waals surface area (Å²) < 4.78 is 14.2. The number of fused-ring (bicyclic) bond motifs is 1. The molecule has 0 saturated carbocycles. The van der Waals surface area contributed by atoms with Gasteiger partial charge in [-0.3, -0.25) is 4.79 Å². The zero-order valence-electron chi connectivity index (χ0n) is 15.5. The fraction of sp³-hybridized carbons (Fsp3) is 0.333. The summed E-state index contributed by atoms with van der Waals surface area (Å²) in [4.78, 5) is 19.5. The molecule has 0 radical (unpaired) electrons. The van der Waals surface area contributed by atoms with Crippen molar-refractivity contribution in [1.29, 1.82) is 0 Å². The zero-order chi connectivity index (χ0) is 19.0. The van der Waals surface area contributed by atoms with Crippen LogP contribution in [0.15, 0.2) is 36.4 Å². The number of carbonyl (C=O) groups is 1. The van der Waals surface area contributed by atoms with Crippen molar-refractivity contribution in [3.05, 3.63) is 53.3 Å². The summed E-state index contributed by atoms with van der Waals surface area (Å²) in [5, 5.41) is 4.03. The van der Waals surface area contributed by atoms with Gasteiger partial charge in [-0.25, -0.2) is 9.37 Å². The molecule has 140 valence electrons. The van der Waals surface area contributed by atoms with Gasteiger partial charge >= 0.3 is 0 Å². The summed E-state index contributed by atoms with van der Waals surface area (Å²) in [6.45, 7) is 5.60. The van der Waals surface area contributed by atoms with Gasteiger partial charge in [0.2, 0.25) is 5.91 Å². The lowest BCUT2D eigenvalue weighted by Gasteiger charge is -2.31. The summed E-state index contributed by atoms with van der Waals surface area (Å²) in [6, 6.07) is 10.7. The van der Waals surface area contributed by atoms with Gasteiger partial charge in [0.05, 0.1) is 10.2 Å². The largest absolute Gasteiger partial charge is 0.348 e. The molecule has 1 fully saturated rings. The van der Waals surface area contributed by atoms with Crippen molar-refractivity contribution in [2.24, 2.45) is 5.92 Å². The third-order valence-electron chi connectivity index (χ3n) is 5.20. The number of aromatic nitrogens is 1. The van der Waals surface area contributed by atoms with Gasteiger partial charge in [0.1, 0.15) is 5.82 Å². The standard InChI is InChI=1S/C21H22FN3OS/c1-13-4-3-5-14(2)19(13)24-20(26)15-8-10-25(11-9-15)21-23-17-7-6-16(22)12-18(17)27-21/h3-7,12,15H,8-11H2,1-2H3,(H,24,26). The van der Waals surface area contributed by atoms with E-state index in [9.17, 15) is 9.18 Å². The van der Waals surface area contributed by atoms with E-state index in [2.05, 4.69) is 15.2 Å². The van der Waals surface area contributed by atoms with Gasteiger partial charge in [0.25, 0.3) is 0 Å². The molecule has 0 spiro atoms. The zero-order valence-corrected chi connectivity index (χ0v) is 16.3. The van der Waals surface area contributed by atoms with E-state index in [1.807, 2.05) is 32.0 Å². The number of anilines is 2. The van der Waals surface area contributed by atoms with Crippen molar-refractivity contribution < 1.29 is 9.18 Å². The van der Waals surface area contributed by atoms with Gasteiger partial charge in [-0.2, -0.15) is 0 Å². The molecule has 4 nitrogen and oxygen atoms in total. The highest BCUT2D eigenvalue weighted by Crippen LogP contribution is 2.32. The minimum absolute atomic E-state index is 0.00655. The molecule has 1 amide bonds. The molecule has 0 atom stereocenters. The van der Waals surface area contributed by atoms with Crippen LogP contribution in [0.25, 0.3) is 10.2 Å². The van der Waals surface area contributed by atoms with Gasteiger partial charge < -0.3 is 10.2 Å². The topological polar surface area (TPSA) is 45.2 Å². The summed E-state index contributed by atoms with van der Waals surface area (Å²) >= 11 is 1.51. The first kappa shape index (κ1) is 17.9. The smallest absolute Gasteiger partial charge is 0.227 e. The SMILES string of the molecule is Cc1cccc(C)c1NC(=O)C1CCN(c2nc3ccc(F)cc3s2)CC1. The van der Waals surface area contributed by atoms with Gasteiger partial charge in [-0.05, 0) is 56.0 Å². The lowest BCUT2D eigenvalue weighted by atomic mass is 9.95. The number of thiazole rings is 1. The molecule has 0 unspecified atom stereocenters. The van der Waals surface area contributed by atoms with E-state index in [0.29, 0.717) is 0 Å². The molecule has 1 aliphatic heterocycles. The number of nitrogens with one attached hydrogen (secondary N) is 1. The molecule has 1 aliphatic rings. The molecule has 3 aromatic rings. The number of piperidine rings is 1. The Hall–Kier alpha value is -2.47. The molecular weight excluding hydrogens is 361 g/mol. The lowest BCUT2D eigenvalue weighted by Crippen LogP contribution is -2.38. The van der Waals surface area contributed by atoms with Crippen LogP contribution in [0.5, 0.6) is 0 Å². The average Bonchev–Trinajstić information content (AvgIpc) is 3.08. The Morgan fingerprint density at radius 1 is 1.19 bits per heavy atom. The number of aryl methyl sites for hydroxylation is 2. The second-order valence-electron chi connectivity index (χ2n) is 7.13. The summed E-state index contributed by atoms with van der Waals surface area (Å²) in [6.07, 6.45) is 1.59. The Morgan fingerprint density at radius 2 is 1.89 bits per heavy atom. The monoisotopic (exact) mass is 383 g/mol. The van der Waals surface area contributed by atoms with E-state index in [4.69, 9.17) is 0 Å². The highest BCUT2D eigenvalue weighted by Gasteiger charge is 2.27. The molecule has 0 bridgehead atoms. The molecule has 27 heavy (non-hydrogen) atoms. The number of carbonyl (C=O) groups excluding carboxylic acids is 1. The third-order valence-corrected chi connectivity index (χ3v) is 6.28. The second kappa shape index (κ2) is 7.27. The van der Waals surface area contributed by atoms with Crippen LogP contribution >= 0.6 is 11.3 Å². The lowest BCUT2D eigenvalue weighted by molar-refractivity contribution is -0.120. The number of halogens is 1. The number of para-hydroxylation sites is 1. The first-order chi connectivity index (χ1) is 13.0. The number of hydrogen-bond donors (Lipinski definition) is 1. The Kier molecular flexibility index (Phi) is 4.83. The van der Waals surface area contributed by atoms with Crippen LogP contribution in [0.1, 0.15) is 24.0 Å². The van der Waals surface area contributed by atoms with E-state index < -0.39 is 0 Å². The Bertz CT molecular complexity index is 972. The number of rotatable bonds is 3. The maximum absolute atomic E-state index is 13.4. The maximum atomic E-state index is 13.4. The molecule has 1 aromatic heterocycles. The van der Waals surface area contributed by atoms with Gasteiger partial charge in [0.15, 0.2) is 5.13 Å². The van der Waals surface area contributed by atoms with Crippen LogP contribution in [0.3, 0.4) is 0 Å². The first-order valence-electron chi connectivity index (χ1n) is 9.19. The van der Waals surface area contributed by atoms with Crippen molar-refractivity contribution in [2.45, 2.75) is 26.7 Å². The average molecular weight is 383 g/mol. The van der Waals surface area contributed by atoms with Crippen LogP contribution < -0.4 is 10.2 Å². The second-order valence-corrected chi connectivity index (χ2v) is 8.13. The molecule has 6 heteroatoms. The van der Waals surface area contributed by atoms with Crippen LogP contribution in [0.4, 0.5) is 15.2 Å². The summed E-state index contributed by atoms with van der Waals surface area (Å²) in [7, 11) is 0. The maximum Gasteiger partial charge on any atom is 0.227 e. The van der Waals surface area contributed by atoms with Crippen molar-refractivity contribution in [3.8, 4) is 0 Å². The molecule has 1 N–H and O–H groups in total. The van der Waals surface area contributed by atoms with Crippen molar-refractivity contribution in [3.63, 3.8) is 0 Å². The molecule has 4 rings (SSSR count). The van der Waals surface area contributed by atoms with Crippen LogP contribution in [0, 0.1) is 25.6 Å². The minimum atomic E-state index is -0.237. The number of amides is 1. The predicted molar refractivity (Wildman–Crippen MR) is 109 cm³/mol. The molecule has 2 aromatic carbocycles. The van der Waals surface area contributed by atoms with Crippen molar-refractivity contribution >= 4 is 38.3 Å². The van der Waals surface area contributed by atoms with Crippen LogP contribution in [0.2, 0.25) is 0 Å². The van der Waals surface area contributed by atoms with Crippen molar-refractivity contribution in [1.82, 2.24) is 4.98 Å². The summed E-state index contributed by atoms with van der Waals surface area (Å²) in [5.74, 6) is -0.134. The normalized spacial score (nSPS) is 15.3. The van der Waals surface area contributed by atoms with Gasteiger partial charge in [0, 0.05) is 24.7 Å². The quantitative estimate of drug-likeness (QED) is 0.699. The number of hydrogen-bond acceptors (Lipinski definition) is 4. The molecule has 1 saturated heterocycles. The van der Waals surface area contributed by atoms with E-state index in [1.165, 1.54) is 23.5 Å². The van der Waals surface area contributed by atoms with Crippen LogP contribution in [-0.4, -0.2) is 24.0 Å². The highest BCUT2D eigenvalue weighted by atomic mass is 32.1. The molecule has 0 aliphatic carbocycles. The Labute approximate surface area is 162 Å². The van der Waals surface area contributed by atoms with Gasteiger partial charge in [-0.1, -0.05) is 29.5 Å². The molecule has 2 heterocycles. The van der Waals surface area contributed by atoms with Crippen LogP contribution in [-0.2, 0) is 4.79 Å². The van der Waals surface area contributed by atoms with E-state index >= 15 is 0 Å². The first-order valence-corrected chi connectivity index (χ1v) is 10.0. The van der Waals surface area contributed by atoms with E-state index in [1.54, 1.807) is 6.07 Å². The number of benzene rings is 2. The fourth-order valence-electron chi connectivity index (χ4n) is 3.59.